The zero-order valence-electron chi connectivity index (χ0n) is 14.0. The second kappa shape index (κ2) is 8.46. The van der Waals surface area contributed by atoms with Gasteiger partial charge in [-0.05, 0) is 44.3 Å². The minimum atomic E-state index is 0.251. The van der Waals surface area contributed by atoms with Gasteiger partial charge in [0.15, 0.2) is 0 Å². The summed E-state index contributed by atoms with van der Waals surface area (Å²) in [5.41, 5.74) is 1.40. The molecule has 0 unspecified atom stereocenters. The molecule has 0 bridgehead atoms. The molecule has 1 N–H and O–H groups in total. The summed E-state index contributed by atoms with van der Waals surface area (Å²) in [7, 11) is 0. The highest BCUT2D eigenvalue weighted by Gasteiger charge is 2.27. The first-order valence-corrected chi connectivity index (χ1v) is 9.09. The van der Waals surface area contributed by atoms with Crippen molar-refractivity contribution in [2.24, 2.45) is 5.92 Å². The molecule has 2 saturated heterocycles. The van der Waals surface area contributed by atoms with E-state index >= 15 is 0 Å². The number of hydrogen-bond acceptors (Lipinski definition) is 3. The molecule has 2 fully saturated rings. The van der Waals surface area contributed by atoms with Crippen LogP contribution in [-0.4, -0.2) is 61.5 Å². The average Bonchev–Trinajstić information content (AvgIpc) is 2.90. The number of rotatable bonds is 4. The van der Waals surface area contributed by atoms with Gasteiger partial charge < -0.3 is 10.2 Å². The van der Waals surface area contributed by atoms with Gasteiger partial charge in [-0.25, -0.2) is 0 Å². The highest BCUT2D eigenvalue weighted by atomic mass is 16.2. The van der Waals surface area contributed by atoms with Crippen LogP contribution < -0.4 is 5.32 Å². The maximum atomic E-state index is 12.7. The average molecular weight is 315 g/mol. The topological polar surface area (TPSA) is 35.6 Å². The van der Waals surface area contributed by atoms with E-state index in [1.165, 1.54) is 5.56 Å². The Hall–Kier alpha value is -1.39. The third-order valence-corrected chi connectivity index (χ3v) is 5.17. The summed E-state index contributed by atoms with van der Waals surface area (Å²) in [5.74, 6) is 0.650. The van der Waals surface area contributed by atoms with Crippen molar-refractivity contribution >= 4 is 5.91 Å². The summed E-state index contributed by atoms with van der Waals surface area (Å²) < 4.78 is 0. The van der Waals surface area contributed by atoms with Crippen LogP contribution in [0.3, 0.4) is 0 Å². The Labute approximate surface area is 139 Å². The van der Waals surface area contributed by atoms with Gasteiger partial charge in [0.25, 0.3) is 0 Å². The monoisotopic (exact) mass is 315 g/mol. The molecule has 1 aromatic carbocycles. The summed E-state index contributed by atoms with van der Waals surface area (Å²) >= 11 is 0. The Morgan fingerprint density at radius 3 is 2.61 bits per heavy atom. The van der Waals surface area contributed by atoms with Crippen LogP contribution >= 0.6 is 0 Å². The Balaban J connectivity index is 1.41. The van der Waals surface area contributed by atoms with Crippen molar-refractivity contribution in [3.63, 3.8) is 0 Å². The van der Waals surface area contributed by atoms with Gasteiger partial charge in [0.1, 0.15) is 0 Å². The predicted octanol–water partition coefficient (Wildman–Crippen LogP) is 1.76. The van der Waals surface area contributed by atoms with Crippen molar-refractivity contribution in [1.82, 2.24) is 15.1 Å². The molecule has 1 amide bonds. The largest absolute Gasteiger partial charge is 0.340 e. The summed E-state index contributed by atoms with van der Waals surface area (Å²) in [5, 5.41) is 3.40. The number of amides is 1. The smallest absolute Gasteiger partial charge is 0.225 e. The molecule has 23 heavy (non-hydrogen) atoms. The van der Waals surface area contributed by atoms with Gasteiger partial charge in [0, 0.05) is 38.6 Å². The zero-order valence-corrected chi connectivity index (χ0v) is 14.0. The Morgan fingerprint density at radius 2 is 1.83 bits per heavy atom. The van der Waals surface area contributed by atoms with Gasteiger partial charge in [-0.2, -0.15) is 0 Å². The highest BCUT2D eigenvalue weighted by Crippen LogP contribution is 2.18. The van der Waals surface area contributed by atoms with Crippen LogP contribution in [0.15, 0.2) is 30.3 Å². The number of carbonyl (C=O) groups is 1. The van der Waals surface area contributed by atoms with E-state index in [0.29, 0.717) is 5.91 Å². The van der Waals surface area contributed by atoms with Crippen molar-refractivity contribution in [2.45, 2.75) is 25.7 Å². The number of nitrogens with zero attached hydrogens (tertiary/aromatic N) is 2. The Kier molecular flexibility index (Phi) is 6.06. The van der Waals surface area contributed by atoms with E-state index in [2.05, 4.69) is 45.4 Å². The second-order valence-corrected chi connectivity index (χ2v) is 6.78. The normalized spacial score (nSPS) is 23.5. The van der Waals surface area contributed by atoms with Gasteiger partial charge in [-0.3, -0.25) is 9.69 Å². The molecule has 0 saturated carbocycles. The minimum Gasteiger partial charge on any atom is -0.340 e. The zero-order chi connectivity index (χ0) is 15.9. The van der Waals surface area contributed by atoms with E-state index in [1.54, 1.807) is 0 Å². The van der Waals surface area contributed by atoms with Crippen LogP contribution in [0, 0.1) is 5.92 Å². The number of carbonyl (C=O) groups excluding carboxylic acids is 1. The number of benzene rings is 1. The third-order valence-electron chi connectivity index (χ3n) is 5.17. The summed E-state index contributed by atoms with van der Waals surface area (Å²) in [6.07, 6.45) is 4.30. The maximum Gasteiger partial charge on any atom is 0.225 e. The van der Waals surface area contributed by atoms with Crippen molar-refractivity contribution in [1.29, 1.82) is 0 Å². The molecule has 1 atom stereocenters. The van der Waals surface area contributed by atoms with Gasteiger partial charge in [0.05, 0.1) is 0 Å². The SMILES string of the molecule is O=C([C@H]1CCCNCC1)N1CCN(CCc2ccccc2)CC1. The molecule has 0 aromatic heterocycles. The van der Waals surface area contributed by atoms with Gasteiger partial charge in [-0.15, -0.1) is 0 Å². The minimum absolute atomic E-state index is 0.251. The molecule has 0 spiro atoms. The summed E-state index contributed by atoms with van der Waals surface area (Å²) in [4.78, 5) is 17.3. The first-order chi connectivity index (χ1) is 11.3. The van der Waals surface area contributed by atoms with Crippen molar-refractivity contribution in [2.75, 3.05) is 45.8 Å². The second-order valence-electron chi connectivity index (χ2n) is 6.78. The highest BCUT2D eigenvalue weighted by molar-refractivity contribution is 5.79. The molecule has 0 radical (unpaired) electrons. The summed E-state index contributed by atoms with van der Waals surface area (Å²) in [6, 6.07) is 10.7. The van der Waals surface area contributed by atoms with Crippen LogP contribution in [0.1, 0.15) is 24.8 Å². The lowest BCUT2D eigenvalue weighted by molar-refractivity contribution is -0.137. The van der Waals surface area contributed by atoms with Crippen LogP contribution in [-0.2, 0) is 11.2 Å². The molecule has 2 aliphatic rings. The van der Waals surface area contributed by atoms with Gasteiger partial charge in [-0.1, -0.05) is 30.3 Å². The molecule has 1 aromatic rings. The first kappa shape index (κ1) is 16.5. The first-order valence-electron chi connectivity index (χ1n) is 9.09. The van der Waals surface area contributed by atoms with Crippen molar-refractivity contribution in [3.8, 4) is 0 Å². The number of nitrogens with one attached hydrogen (secondary N) is 1. The van der Waals surface area contributed by atoms with Crippen LogP contribution in [0.25, 0.3) is 0 Å². The van der Waals surface area contributed by atoms with E-state index in [-0.39, 0.29) is 5.92 Å². The van der Waals surface area contributed by atoms with Crippen LogP contribution in [0.2, 0.25) is 0 Å². The molecule has 4 nitrogen and oxygen atoms in total. The maximum absolute atomic E-state index is 12.7. The molecule has 2 heterocycles. The Morgan fingerprint density at radius 1 is 1.04 bits per heavy atom. The lowest BCUT2D eigenvalue weighted by Gasteiger charge is -2.36. The standard InChI is InChI=1S/C19H29N3O/c23-19(18-7-4-10-20-11-8-18)22-15-13-21(14-16-22)12-9-17-5-2-1-3-6-17/h1-3,5-6,18,20H,4,7-16H2/t18-/m0/s1. The molecular formula is C19H29N3O. The quantitative estimate of drug-likeness (QED) is 0.920. The van der Waals surface area contributed by atoms with Crippen LogP contribution in [0.4, 0.5) is 0 Å². The summed E-state index contributed by atoms with van der Waals surface area (Å²) in [6.45, 7) is 6.99. The van der Waals surface area contributed by atoms with Gasteiger partial charge >= 0.3 is 0 Å². The number of piperazine rings is 1. The van der Waals surface area contributed by atoms with Crippen molar-refractivity contribution in [3.05, 3.63) is 35.9 Å². The molecule has 4 heteroatoms. The fourth-order valence-corrected chi connectivity index (χ4v) is 3.65. The van der Waals surface area contributed by atoms with Crippen LogP contribution in [0.5, 0.6) is 0 Å². The van der Waals surface area contributed by atoms with E-state index in [0.717, 1.165) is 71.5 Å². The molecule has 3 rings (SSSR count). The fourth-order valence-electron chi connectivity index (χ4n) is 3.65. The predicted molar refractivity (Wildman–Crippen MR) is 93.4 cm³/mol. The molecule has 126 valence electrons. The Bertz CT molecular complexity index is 475. The third kappa shape index (κ3) is 4.79. The lowest BCUT2D eigenvalue weighted by Crippen LogP contribution is -2.50. The van der Waals surface area contributed by atoms with Crippen molar-refractivity contribution < 1.29 is 4.79 Å². The lowest BCUT2D eigenvalue weighted by atomic mass is 9.98. The molecule has 0 aliphatic carbocycles. The van der Waals surface area contributed by atoms with E-state index in [1.807, 2.05) is 0 Å². The number of hydrogen-bond donors (Lipinski definition) is 1. The van der Waals surface area contributed by atoms with E-state index in [9.17, 15) is 4.79 Å². The van der Waals surface area contributed by atoms with Gasteiger partial charge in [0.2, 0.25) is 5.91 Å². The molecular weight excluding hydrogens is 286 g/mol. The fraction of sp³-hybridized carbons (Fsp3) is 0.632. The van der Waals surface area contributed by atoms with E-state index in [4.69, 9.17) is 0 Å². The van der Waals surface area contributed by atoms with E-state index < -0.39 is 0 Å². The molecule has 2 aliphatic heterocycles.